The Morgan fingerprint density at radius 2 is 2.20 bits per heavy atom. The predicted molar refractivity (Wildman–Crippen MR) is 59.0 cm³/mol. The van der Waals surface area contributed by atoms with Gasteiger partial charge < -0.3 is 4.90 Å². The van der Waals surface area contributed by atoms with Gasteiger partial charge in [-0.2, -0.15) is 5.26 Å². The van der Waals surface area contributed by atoms with Gasteiger partial charge in [0.05, 0.1) is 6.07 Å². The van der Waals surface area contributed by atoms with Crippen LogP contribution in [0.4, 0.5) is 0 Å². The molecule has 0 saturated carbocycles. The van der Waals surface area contributed by atoms with Crippen LogP contribution in [0.5, 0.6) is 0 Å². The second kappa shape index (κ2) is 4.65. The zero-order valence-corrected chi connectivity index (χ0v) is 9.92. The number of hydrogen-bond acceptors (Lipinski definition) is 2. The minimum Gasteiger partial charge on any atom is -0.326 e. The van der Waals surface area contributed by atoms with Crippen LogP contribution in [0.3, 0.4) is 0 Å². The summed E-state index contributed by atoms with van der Waals surface area (Å²) in [6.45, 7) is 6.68. The molecule has 1 atom stereocenters. The van der Waals surface area contributed by atoms with Gasteiger partial charge in [0, 0.05) is 12.0 Å². The first-order valence-corrected chi connectivity index (χ1v) is 5.73. The monoisotopic (exact) mass is 208 g/mol. The molecule has 3 nitrogen and oxygen atoms in total. The molecule has 0 radical (unpaired) electrons. The maximum Gasteiger partial charge on any atom is 0.229 e. The average molecular weight is 208 g/mol. The molecule has 1 rings (SSSR count). The molecule has 84 valence electrons. The second-order valence-corrected chi connectivity index (χ2v) is 4.88. The fourth-order valence-corrected chi connectivity index (χ4v) is 1.85. The van der Waals surface area contributed by atoms with Crippen LogP contribution in [0.25, 0.3) is 0 Å². The van der Waals surface area contributed by atoms with E-state index in [0.29, 0.717) is 0 Å². The van der Waals surface area contributed by atoms with Crippen molar-refractivity contribution in [3.05, 3.63) is 0 Å². The molecule has 0 bridgehead atoms. The van der Waals surface area contributed by atoms with Gasteiger partial charge in [0.15, 0.2) is 0 Å². The van der Waals surface area contributed by atoms with Crippen molar-refractivity contribution in [2.45, 2.75) is 52.5 Å². The van der Waals surface area contributed by atoms with E-state index in [4.69, 9.17) is 5.26 Å². The van der Waals surface area contributed by atoms with E-state index in [2.05, 4.69) is 6.07 Å². The van der Waals surface area contributed by atoms with E-state index in [9.17, 15) is 4.79 Å². The second-order valence-electron chi connectivity index (χ2n) is 4.88. The number of nitrogens with zero attached hydrogens (tertiary/aromatic N) is 2. The first kappa shape index (κ1) is 12.0. The molecule has 1 saturated heterocycles. The summed E-state index contributed by atoms with van der Waals surface area (Å²) in [4.78, 5) is 14.0. The van der Waals surface area contributed by atoms with Crippen molar-refractivity contribution in [3.8, 4) is 6.07 Å². The van der Waals surface area contributed by atoms with Crippen molar-refractivity contribution in [1.29, 1.82) is 5.26 Å². The Balaban J connectivity index is 2.77. The van der Waals surface area contributed by atoms with Crippen LogP contribution >= 0.6 is 0 Å². The highest BCUT2D eigenvalue weighted by molar-refractivity contribution is 5.82. The molecule has 3 heteroatoms. The van der Waals surface area contributed by atoms with Crippen LogP contribution in [-0.2, 0) is 4.79 Å². The van der Waals surface area contributed by atoms with E-state index in [0.717, 1.165) is 32.2 Å². The number of amides is 1. The maximum absolute atomic E-state index is 12.2. The Morgan fingerprint density at radius 1 is 1.53 bits per heavy atom. The van der Waals surface area contributed by atoms with Crippen molar-refractivity contribution >= 4 is 5.91 Å². The van der Waals surface area contributed by atoms with Crippen LogP contribution in [-0.4, -0.2) is 23.4 Å². The van der Waals surface area contributed by atoms with Gasteiger partial charge >= 0.3 is 0 Å². The van der Waals surface area contributed by atoms with Crippen LogP contribution < -0.4 is 0 Å². The van der Waals surface area contributed by atoms with Gasteiger partial charge in [-0.3, -0.25) is 4.79 Å². The first-order chi connectivity index (χ1) is 7.03. The average Bonchev–Trinajstić information content (AvgIpc) is 2.28. The van der Waals surface area contributed by atoms with Crippen LogP contribution in [0.2, 0.25) is 0 Å². The van der Waals surface area contributed by atoms with Crippen LogP contribution in [0.1, 0.15) is 46.5 Å². The molecule has 1 amide bonds. The zero-order chi connectivity index (χ0) is 11.5. The molecular weight excluding hydrogens is 188 g/mol. The van der Waals surface area contributed by atoms with Gasteiger partial charge in [0.2, 0.25) is 5.91 Å². The van der Waals surface area contributed by atoms with E-state index >= 15 is 0 Å². The lowest BCUT2D eigenvalue weighted by molar-refractivity contribution is -0.143. The van der Waals surface area contributed by atoms with E-state index in [-0.39, 0.29) is 17.4 Å². The van der Waals surface area contributed by atoms with E-state index < -0.39 is 0 Å². The quantitative estimate of drug-likeness (QED) is 0.699. The predicted octanol–water partition coefficient (Wildman–Crippen LogP) is 2.33. The third-order valence-corrected chi connectivity index (χ3v) is 3.38. The number of piperidine rings is 1. The summed E-state index contributed by atoms with van der Waals surface area (Å²) in [6, 6.07) is 2.04. The lowest BCUT2D eigenvalue weighted by Gasteiger charge is -2.36. The van der Waals surface area contributed by atoms with E-state index in [1.165, 1.54) is 0 Å². The number of carbonyl (C=O) groups excluding carboxylic acids is 1. The zero-order valence-electron chi connectivity index (χ0n) is 9.92. The largest absolute Gasteiger partial charge is 0.326 e. The smallest absolute Gasteiger partial charge is 0.229 e. The van der Waals surface area contributed by atoms with Crippen molar-refractivity contribution < 1.29 is 4.79 Å². The number of rotatable bonds is 2. The lowest BCUT2D eigenvalue weighted by Crippen LogP contribution is -2.48. The van der Waals surface area contributed by atoms with Gasteiger partial charge in [-0.05, 0) is 25.7 Å². The minimum absolute atomic E-state index is 0.135. The van der Waals surface area contributed by atoms with Gasteiger partial charge in [0.1, 0.15) is 6.04 Å². The molecule has 1 aliphatic rings. The Bertz CT molecular complexity index is 278. The minimum atomic E-state index is -0.327. The summed E-state index contributed by atoms with van der Waals surface area (Å²) in [5, 5.41) is 9.00. The molecule has 0 aromatic carbocycles. The number of likely N-dealkylation sites (tertiary alicyclic amines) is 1. The maximum atomic E-state index is 12.2. The third-order valence-electron chi connectivity index (χ3n) is 3.38. The van der Waals surface area contributed by atoms with Crippen LogP contribution in [0.15, 0.2) is 0 Å². The fourth-order valence-electron chi connectivity index (χ4n) is 1.85. The highest BCUT2D eigenvalue weighted by Crippen LogP contribution is 2.27. The molecule has 15 heavy (non-hydrogen) atoms. The molecule has 0 aliphatic carbocycles. The number of hydrogen-bond donors (Lipinski definition) is 0. The SMILES string of the molecule is CCC(C)(C)C(=O)N1CCCCC1C#N. The Hall–Kier alpha value is -1.04. The Morgan fingerprint density at radius 3 is 2.73 bits per heavy atom. The Labute approximate surface area is 92.1 Å². The van der Waals surface area contributed by atoms with Gasteiger partial charge in [-0.1, -0.05) is 20.8 Å². The summed E-state index contributed by atoms with van der Waals surface area (Å²) >= 11 is 0. The summed E-state index contributed by atoms with van der Waals surface area (Å²) < 4.78 is 0. The third kappa shape index (κ3) is 2.50. The van der Waals surface area contributed by atoms with Gasteiger partial charge in [-0.15, -0.1) is 0 Å². The molecule has 0 aromatic rings. The van der Waals surface area contributed by atoms with Crippen LogP contribution in [0, 0.1) is 16.7 Å². The van der Waals surface area contributed by atoms with Gasteiger partial charge in [-0.25, -0.2) is 0 Å². The molecular formula is C12H20N2O. The van der Waals surface area contributed by atoms with E-state index in [1.54, 1.807) is 4.90 Å². The summed E-state index contributed by atoms with van der Waals surface area (Å²) in [7, 11) is 0. The summed E-state index contributed by atoms with van der Waals surface area (Å²) in [6.07, 6.45) is 3.75. The molecule has 0 N–H and O–H groups in total. The summed E-state index contributed by atoms with van der Waals surface area (Å²) in [5.74, 6) is 0.135. The summed E-state index contributed by atoms with van der Waals surface area (Å²) in [5.41, 5.74) is -0.327. The van der Waals surface area contributed by atoms with E-state index in [1.807, 2.05) is 20.8 Å². The highest BCUT2D eigenvalue weighted by Gasteiger charge is 2.35. The number of nitriles is 1. The first-order valence-electron chi connectivity index (χ1n) is 5.73. The normalized spacial score (nSPS) is 22.3. The van der Waals surface area contributed by atoms with Gasteiger partial charge in [0.25, 0.3) is 0 Å². The molecule has 1 aliphatic heterocycles. The molecule has 1 heterocycles. The van der Waals surface area contributed by atoms with Crippen molar-refractivity contribution in [1.82, 2.24) is 4.90 Å². The standard InChI is InChI=1S/C12H20N2O/c1-4-12(2,3)11(15)14-8-6-5-7-10(14)9-13/h10H,4-8H2,1-3H3. The molecule has 1 unspecified atom stereocenters. The molecule has 1 fully saturated rings. The topological polar surface area (TPSA) is 44.1 Å². The van der Waals surface area contributed by atoms with Crippen molar-refractivity contribution in [2.75, 3.05) is 6.54 Å². The van der Waals surface area contributed by atoms with Crippen molar-refractivity contribution in [2.24, 2.45) is 5.41 Å². The highest BCUT2D eigenvalue weighted by atomic mass is 16.2. The Kier molecular flexibility index (Phi) is 3.73. The molecule has 0 aromatic heterocycles. The lowest BCUT2D eigenvalue weighted by atomic mass is 9.87. The van der Waals surface area contributed by atoms with Crippen molar-refractivity contribution in [3.63, 3.8) is 0 Å². The fraction of sp³-hybridized carbons (Fsp3) is 0.833. The number of carbonyl (C=O) groups is 1. The molecule has 0 spiro atoms.